The number of nitrogens with zero attached hydrogens (tertiary/aromatic N) is 3. The lowest BCUT2D eigenvalue weighted by molar-refractivity contribution is -0.645. The predicted molar refractivity (Wildman–Crippen MR) is 109 cm³/mol. The Morgan fingerprint density at radius 3 is 2.83 bits per heavy atom. The van der Waals surface area contributed by atoms with Crippen LogP contribution < -0.4 is 24.7 Å². The van der Waals surface area contributed by atoms with Gasteiger partial charge in [0, 0.05) is 31.2 Å². The van der Waals surface area contributed by atoms with Crippen molar-refractivity contribution in [2.75, 3.05) is 26.2 Å². The summed E-state index contributed by atoms with van der Waals surface area (Å²) in [6.07, 6.45) is 6.70. The van der Waals surface area contributed by atoms with Gasteiger partial charge in [-0.3, -0.25) is 0 Å². The molecule has 4 rings (SSSR count). The Kier molecular flexibility index (Phi) is 5.94. The summed E-state index contributed by atoms with van der Waals surface area (Å²) in [6, 6.07) is 11.1. The molecule has 1 aromatic carbocycles. The summed E-state index contributed by atoms with van der Waals surface area (Å²) in [6.45, 7) is 3.03. The standard InChI is InChI=1S/C22H24N4O4/c1-15-12-16(9-10-26(15)23)21-24-13-20(30-19-8-4-3-7-18(19)27-2)22(25-21)29-14-17-6-5-11-28-17/h3-4,7-10,12,17H,5-6,11,14,23H2,1-2H3/q+1. The quantitative estimate of drug-likeness (QED) is 0.474. The summed E-state index contributed by atoms with van der Waals surface area (Å²) in [7, 11) is 1.59. The van der Waals surface area contributed by atoms with Crippen molar-refractivity contribution in [1.82, 2.24) is 9.97 Å². The first-order chi connectivity index (χ1) is 14.6. The number of pyridine rings is 1. The molecular formula is C22H24N4O4+. The predicted octanol–water partition coefficient (Wildman–Crippen LogP) is 2.61. The van der Waals surface area contributed by atoms with Crippen LogP contribution >= 0.6 is 0 Å². The second kappa shape index (κ2) is 8.96. The fraction of sp³-hybridized carbons (Fsp3) is 0.318. The molecule has 0 bridgehead atoms. The molecule has 1 aliphatic heterocycles. The van der Waals surface area contributed by atoms with Gasteiger partial charge in [0.15, 0.2) is 23.5 Å². The van der Waals surface area contributed by atoms with Crippen LogP contribution in [0.25, 0.3) is 11.4 Å². The Morgan fingerprint density at radius 2 is 2.10 bits per heavy atom. The Morgan fingerprint density at radius 1 is 1.27 bits per heavy atom. The number of rotatable bonds is 7. The van der Waals surface area contributed by atoms with Gasteiger partial charge >= 0.3 is 0 Å². The number of benzene rings is 1. The lowest BCUT2D eigenvalue weighted by Gasteiger charge is -2.15. The van der Waals surface area contributed by atoms with Crippen molar-refractivity contribution in [1.29, 1.82) is 0 Å². The number of aromatic nitrogens is 3. The van der Waals surface area contributed by atoms with Crippen LogP contribution in [0, 0.1) is 13.1 Å². The summed E-state index contributed by atoms with van der Waals surface area (Å²) in [5, 5.41) is 0. The van der Waals surface area contributed by atoms with Crippen LogP contribution in [-0.2, 0) is 4.74 Å². The molecule has 1 unspecified atom stereocenters. The van der Waals surface area contributed by atoms with Gasteiger partial charge in [0.1, 0.15) is 12.8 Å². The highest BCUT2D eigenvalue weighted by Crippen LogP contribution is 2.35. The maximum absolute atomic E-state index is 5.98. The van der Waals surface area contributed by atoms with Crippen molar-refractivity contribution >= 4 is 0 Å². The third kappa shape index (κ3) is 4.44. The molecule has 8 nitrogen and oxygen atoms in total. The van der Waals surface area contributed by atoms with E-state index in [1.54, 1.807) is 19.4 Å². The van der Waals surface area contributed by atoms with Gasteiger partial charge in [0.25, 0.3) is 5.88 Å². The van der Waals surface area contributed by atoms with E-state index in [4.69, 9.17) is 24.8 Å². The van der Waals surface area contributed by atoms with Crippen molar-refractivity contribution in [3.63, 3.8) is 0 Å². The lowest BCUT2D eigenvalue weighted by Crippen LogP contribution is -2.46. The number of hydrogen-bond acceptors (Lipinski definition) is 7. The van der Waals surface area contributed by atoms with Gasteiger partial charge < -0.3 is 18.9 Å². The summed E-state index contributed by atoms with van der Waals surface area (Å²) < 4.78 is 24.5. The first-order valence-electron chi connectivity index (χ1n) is 9.77. The maximum atomic E-state index is 5.98. The van der Waals surface area contributed by atoms with Crippen LogP contribution in [0.5, 0.6) is 23.1 Å². The van der Waals surface area contributed by atoms with Gasteiger partial charge in [-0.1, -0.05) is 16.8 Å². The summed E-state index contributed by atoms with van der Waals surface area (Å²) in [4.78, 5) is 8.94. The van der Waals surface area contributed by atoms with E-state index in [1.807, 2.05) is 37.3 Å². The fourth-order valence-corrected chi connectivity index (χ4v) is 3.14. The van der Waals surface area contributed by atoms with Crippen molar-refractivity contribution in [2.24, 2.45) is 0 Å². The molecule has 1 saturated heterocycles. The fourth-order valence-electron chi connectivity index (χ4n) is 3.14. The number of hydrogen-bond donors (Lipinski definition) is 1. The van der Waals surface area contributed by atoms with Crippen LogP contribution in [0.1, 0.15) is 18.5 Å². The zero-order chi connectivity index (χ0) is 20.9. The van der Waals surface area contributed by atoms with Gasteiger partial charge in [-0.15, -0.1) is 0 Å². The zero-order valence-corrected chi connectivity index (χ0v) is 17.0. The van der Waals surface area contributed by atoms with Gasteiger partial charge in [0.05, 0.1) is 13.2 Å². The van der Waals surface area contributed by atoms with E-state index in [1.165, 1.54) is 4.68 Å². The highest BCUT2D eigenvalue weighted by Gasteiger charge is 2.20. The van der Waals surface area contributed by atoms with Crippen molar-refractivity contribution in [3.8, 4) is 34.5 Å². The average molecular weight is 408 g/mol. The third-order valence-electron chi connectivity index (χ3n) is 4.82. The molecule has 0 saturated carbocycles. The molecule has 1 radical (unpaired) electrons. The van der Waals surface area contributed by atoms with E-state index in [2.05, 4.69) is 16.2 Å². The molecular weight excluding hydrogens is 384 g/mol. The number of para-hydroxylation sites is 2. The maximum Gasteiger partial charge on any atom is 0.262 e. The molecule has 3 heterocycles. The molecule has 0 amide bonds. The van der Waals surface area contributed by atoms with E-state index in [-0.39, 0.29) is 11.9 Å². The first kappa shape index (κ1) is 19.9. The first-order valence-corrected chi connectivity index (χ1v) is 9.77. The van der Waals surface area contributed by atoms with E-state index in [0.29, 0.717) is 29.8 Å². The smallest absolute Gasteiger partial charge is 0.262 e. The van der Waals surface area contributed by atoms with Crippen LogP contribution in [0.4, 0.5) is 0 Å². The van der Waals surface area contributed by atoms with E-state index >= 15 is 0 Å². The minimum Gasteiger partial charge on any atom is -0.493 e. The van der Waals surface area contributed by atoms with Crippen LogP contribution in [0.3, 0.4) is 0 Å². The van der Waals surface area contributed by atoms with E-state index in [9.17, 15) is 0 Å². The molecule has 1 atom stereocenters. The molecule has 155 valence electrons. The van der Waals surface area contributed by atoms with Crippen molar-refractivity contribution in [3.05, 3.63) is 54.5 Å². The number of aryl methyl sites for hydroxylation is 1. The molecule has 0 spiro atoms. The Bertz CT molecular complexity index is 1020. The van der Waals surface area contributed by atoms with E-state index in [0.717, 1.165) is 30.7 Å². The topological polar surface area (TPSA) is 92.6 Å². The highest BCUT2D eigenvalue weighted by molar-refractivity contribution is 5.56. The number of methoxy groups -OCH3 is 1. The summed E-state index contributed by atoms with van der Waals surface area (Å²) in [5.74, 6) is 8.00. The van der Waals surface area contributed by atoms with Crippen molar-refractivity contribution < 1.29 is 23.6 Å². The van der Waals surface area contributed by atoms with Gasteiger partial charge in [-0.05, 0) is 25.0 Å². The second-order valence-corrected chi connectivity index (χ2v) is 6.96. The molecule has 30 heavy (non-hydrogen) atoms. The monoisotopic (exact) mass is 408 g/mol. The average Bonchev–Trinajstić information content (AvgIpc) is 3.29. The zero-order valence-electron chi connectivity index (χ0n) is 17.0. The SMILES string of the molecule is COc1ccccc1Oc1[c]nc(-c2cc[n+](N)c(C)c2)nc1OCC1CCCO1. The van der Waals surface area contributed by atoms with Crippen molar-refractivity contribution in [2.45, 2.75) is 25.9 Å². The number of ether oxygens (including phenoxy) is 4. The molecule has 8 heteroatoms. The normalized spacial score (nSPS) is 15.7. The second-order valence-electron chi connectivity index (χ2n) is 6.96. The third-order valence-corrected chi connectivity index (χ3v) is 4.82. The van der Waals surface area contributed by atoms with Gasteiger partial charge in [-0.25, -0.2) is 10.8 Å². The molecule has 1 aliphatic rings. The highest BCUT2D eigenvalue weighted by atomic mass is 16.6. The Hall–Kier alpha value is -3.39. The van der Waals surface area contributed by atoms with Crippen LogP contribution in [-0.4, -0.2) is 36.4 Å². The van der Waals surface area contributed by atoms with Crippen LogP contribution in [0.2, 0.25) is 0 Å². The minimum atomic E-state index is 0.0395. The van der Waals surface area contributed by atoms with Crippen LogP contribution in [0.15, 0.2) is 42.6 Å². The van der Waals surface area contributed by atoms with E-state index < -0.39 is 0 Å². The molecule has 2 aromatic heterocycles. The minimum absolute atomic E-state index is 0.0395. The number of nitrogen functional groups attached to an aromatic ring is 1. The number of nitrogens with two attached hydrogens (primary N) is 1. The largest absolute Gasteiger partial charge is 0.493 e. The Balaban J connectivity index is 1.66. The molecule has 1 fully saturated rings. The molecule has 2 N–H and O–H groups in total. The van der Waals surface area contributed by atoms with Gasteiger partial charge in [-0.2, -0.15) is 4.98 Å². The Labute approximate surface area is 175 Å². The summed E-state index contributed by atoms with van der Waals surface area (Å²) >= 11 is 0. The van der Waals surface area contributed by atoms with Gasteiger partial charge in [0.2, 0.25) is 11.4 Å². The molecule has 0 aliphatic carbocycles. The lowest BCUT2D eigenvalue weighted by atomic mass is 10.2. The summed E-state index contributed by atoms with van der Waals surface area (Å²) in [5.41, 5.74) is 1.67. The molecule has 3 aromatic rings.